The fraction of sp³-hybridized carbons (Fsp3) is 0.394. The molecule has 70 heavy (non-hydrogen) atoms. The summed E-state index contributed by atoms with van der Waals surface area (Å²) in [5.74, 6) is 0. The van der Waals surface area contributed by atoms with Crippen molar-refractivity contribution in [2.45, 2.75) is 170 Å². The van der Waals surface area contributed by atoms with Gasteiger partial charge in [0.2, 0.25) is 0 Å². The average molecular weight is 1000 g/mol. The highest BCUT2D eigenvalue weighted by Crippen LogP contribution is 2.46. The molecule has 0 spiro atoms. The highest BCUT2D eigenvalue weighted by Gasteiger charge is 2.19. The molecule has 8 aromatic rings. The Bertz CT molecular complexity index is 2700. The van der Waals surface area contributed by atoms with Gasteiger partial charge in [0.1, 0.15) is 0 Å². The molecule has 0 nitrogen and oxygen atoms in total. The van der Waals surface area contributed by atoms with Crippen molar-refractivity contribution in [1.82, 2.24) is 0 Å². The largest absolute Gasteiger partial charge is 0.139 e. The number of hydrogen-bond donors (Lipinski definition) is 0. The van der Waals surface area contributed by atoms with E-state index < -0.39 is 0 Å². The van der Waals surface area contributed by atoms with Crippen LogP contribution in [0, 0.1) is 13.8 Å². The van der Waals surface area contributed by atoms with Gasteiger partial charge in [-0.3, -0.25) is 0 Å². The fourth-order valence-corrected chi connectivity index (χ4v) is 14.5. The van der Waals surface area contributed by atoms with Gasteiger partial charge in [-0.1, -0.05) is 220 Å². The monoisotopic (exact) mass is 1000 g/mol. The van der Waals surface area contributed by atoms with Gasteiger partial charge in [-0.05, 0) is 140 Å². The van der Waals surface area contributed by atoms with Gasteiger partial charge < -0.3 is 0 Å². The van der Waals surface area contributed by atoms with Crippen LogP contribution < -0.4 is 0 Å². The van der Waals surface area contributed by atoms with Crippen LogP contribution in [0.4, 0.5) is 0 Å². The summed E-state index contributed by atoms with van der Waals surface area (Å²) < 4.78 is 0. The SMILES string of the molecule is CCCCCCc1cc(-c2sc(-c3ccc(-c4ccc(C)cc4)cc3)cc2CCCCCC)sc1C.CCCCCCc1cc(-c2sc(-c3ccccc3)cc2CCCCCC)sc1-c1ccccc1. The summed E-state index contributed by atoms with van der Waals surface area (Å²) in [6, 6.07) is 50.0. The van der Waals surface area contributed by atoms with Gasteiger partial charge in [0, 0.05) is 39.0 Å². The van der Waals surface area contributed by atoms with Gasteiger partial charge in [0.05, 0.1) is 0 Å². The van der Waals surface area contributed by atoms with E-state index in [0.717, 1.165) is 0 Å². The van der Waals surface area contributed by atoms with E-state index >= 15 is 0 Å². The average Bonchev–Trinajstić information content (AvgIpc) is 4.21. The van der Waals surface area contributed by atoms with Crippen LogP contribution in [0.3, 0.4) is 0 Å². The Morgan fingerprint density at radius 1 is 0.286 bits per heavy atom. The van der Waals surface area contributed by atoms with Crippen molar-refractivity contribution in [1.29, 1.82) is 0 Å². The lowest BCUT2D eigenvalue weighted by atomic mass is 10.0. The number of aryl methyl sites for hydroxylation is 6. The molecule has 0 aliphatic heterocycles. The predicted molar refractivity (Wildman–Crippen MR) is 318 cm³/mol. The molecule has 4 aromatic carbocycles. The van der Waals surface area contributed by atoms with Crippen LogP contribution in [0.2, 0.25) is 0 Å². The van der Waals surface area contributed by atoms with E-state index in [0.29, 0.717) is 0 Å². The molecule has 4 heteroatoms. The Morgan fingerprint density at radius 2 is 0.629 bits per heavy atom. The van der Waals surface area contributed by atoms with Gasteiger partial charge in [0.25, 0.3) is 0 Å². The number of thiophene rings is 4. The molecule has 0 saturated carbocycles. The number of hydrogen-bond acceptors (Lipinski definition) is 4. The van der Waals surface area contributed by atoms with E-state index in [-0.39, 0.29) is 0 Å². The van der Waals surface area contributed by atoms with Crippen molar-refractivity contribution in [3.8, 4) is 62.0 Å². The Morgan fingerprint density at radius 3 is 1.10 bits per heavy atom. The topological polar surface area (TPSA) is 0 Å². The zero-order chi connectivity index (χ0) is 48.9. The highest BCUT2D eigenvalue weighted by molar-refractivity contribution is 7.25. The van der Waals surface area contributed by atoms with Crippen molar-refractivity contribution >= 4 is 45.3 Å². The standard InChI is InChI=1S/C34H42S2.C32H38S2/c1-5-7-9-11-13-30-23-33(35-26(30)4)34-31(14-12-10-8-6-2)24-32(36-34)29-21-19-28(20-22-29)27-17-15-25(3)16-18-27;1-3-5-7-11-21-27-24-30(34-31(27)26-19-15-10-16-20-26)32-28(22-12-8-6-4-2)23-29(33-32)25-17-13-9-14-18-25/h15-24H,5-14H2,1-4H3;9-10,13-20,23-24H,3-8,11-12,21-22H2,1-2H3. The molecular weight excluding hydrogens is 921 g/mol. The van der Waals surface area contributed by atoms with Crippen molar-refractivity contribution in [2.24, 2.45) is 0 Å². The molecule has 0 radical (unpaired) electrons. The molecule has 8 rings (SSSR count). The summed E-state index contributed by atoms with van der Waals surface area (Å²) in [6.45, 7) is 13.6. The molecule has 0 amide bonds. The molecule has 0 aliphatic carbocycles. The van der Waals surface area contributed by atoms with E-state index in [1.54, 1.807) is 16.7 Å². The predicted octanol–water partition coefficient (Wildman–Crippen LogP) is 22.7. The Hall–Kier alpha value is -4.32. The van der Waals surface area contributed by atoms with E-state index in [2.05, 4.69) is 175 Å². The maximum atomic E-state index is 2.52. The van der Waals surface area contributed by atoms with E-state index in [1.807, 2.05) is 45.3 Å². The molecule has 368 valence electrons. The zero-order valence-corrected chi connectivity index (χ0v) is 46.7. The lowest BCUT2D eigenvalue weighted by Gasteiger charge is -2.04. The van der Waals surface area contributed by atoms with Crippen LogP contribution in [0.25, 0.3) is 62.0 Å². The maximum absolute atomic E-state index is 2.52. The molecule has 4 aromatic heterocycles. The van der Waals surface area contributed by atoms with E-state index in [1.165, 1.54) is 206 Å². The lowest BCUT2D eigenvalue weighted by molar-refractivity contribution is 0.666. The zero-order valence-electron chi connectivity index (χ0n) is 43.5. The summed E-state index contributed by atoms with van der Waals surface area (Å²) in [4.78, 5) is 11.7. The molecule has 0 bridgehead atoms. The van der Waals surface area contributed by atoms with E-state index in [4.69, 9.17) is 0 Å². The molecule has 0 aliphatic rings. The number of benzene rings is 4. The van der Waals surface area contributed by atoms with Crippen molar-refractivity contribution < 1.29 is 0 Å². The minimum atomic E-state index is 1.18. The quantitative estimate of drug-likeness (QED) is 0.0474. The smallest absolute Gasteiger partial charge is 0.0481 e. The Kier molecular flexibility index (Phi) is 21.9. The third-order valence-corrected chi connectivity index (χ3v) is 18.9. The molecule has 0 fully saturated rings. The number of unbranched alkanes of at least 4 members (excludes halogenated alkanes) is 12. The van der Waals surface area contributed by atoms with Crippen molar-refractivity contribution in [2.75, 3.05) is 0 Å². The maximum Gasteiger partial charge on any atom is 0.0481 e. The third-order valence-electron chi connectivity index (χ3n) is 13.7. The van der Waals surface area contributed by atoms with Crippen LogP contribution >= 0.6 is 45.3 Å². The second-order valence-corrected chi connectivity index (χ2v) is 23.9. The van der Waals surface area contributed by atoms with E-state index in [9.17, 15) is 0 Å². The highest BCUT2D eigenvalue weighted by atomic mass is 32.1. The normalized spacial score (nSPS) is 11.3. The van der Waals surface area contributed by atoms with Crippen LogP contribution in [0.15, 0.2) is 133 Å². The first-order chi connectivity index (χ1) is 34.4. The summed E-state index contributed by atoms with van der Waals surface area (Å²) >= 11 is 8.00. The first kappa shape index (κ1) is 53.5. The summed E-state index contributed by atoms with van der Waals surface area (Å²) in [5, 5.41) is 0. The number of rotatable bonds is 26. The van der Waals surface area contributed by atoms with Gasteiger partial charge in [-0.15, -0.1) is 45.3 Å². The molecule has 0 saturated heterocycles. The van der Waals surface area contributed by atoms with Crippen LogP contribution in [0.1, 0.15) is 163 Å². The first-order valence-corrected chi connectivity index (χ1v) is 30.4. The fourth-order valence-electron chi connectivity index (χ4n) is 9.51. The van der Waals surface area contributed by atoms with Crippen molar-refractivity contribution in [3.63, 3.8) is 0 Å². The Balaban J connectivity index is 0.000000207. The van der Waals surface area contributed by atoms with Gasteiger partial charge in [-0.2, -0.15) is 0 Å². The first-order valence-electron chi connectivity index (χ1n) is 27.1. The summed E-state index contributed by atoms with van der Waals surface area (Å²) in [7, 11) is 0. The lowest BCUT2D eigenvalue weighted by Crippen LogP contribution is -1.87. The molecule has 0 unspecified atom stereocenters. The van der Waals surface area contributed by atoms with Crippen molar-refractivity contribution in [3.05, 3.63) is 166 Å². The van der Waals surface area contributed by atoms with Crippen LogP contribution in [0.5, 0.6) is 0 Å². The molecule has 0 atom stereocenters. The van der Waals surface area contributed by atoms with Gasteiger partial charge in [-0.25, -0.2) is 0 Å². The second-order valence-electron chi connectivity index (χ2n) is 19.5. The molecule has 4 heterocycles. The van der Waals surface area contributed by atoms with Crippen LogP contribution in [-0.2, 0) is 25.7 Å². The minimum absolute atomic E-state index is 1.18. The molecular formula is C66H80S4. The minimum Gasteiger partial charge on any atom is -0.139 e. The molecule has 0 N–H and O–H groups in total. The van der Waals surface area contributed by atoms with Gasteiger partial charge in [0.15, 0.2) is 0 Å². The summed E-state index contributed by atoms with van der Waals surface area (Å²) in [5.41, 5.74) is 14.1. The second kappa shape index (κ2) is 28.7. The summed E-state index contributed by atoms with van der Waals surface area (Å²) in [6.07, 6.45) is 25.9. The Labute approximate surface area is 440 Å². The van der Waals surface area contributed by atoms with Gasteiger partial charge >= 0.3 is 0 Å². The van der Waals surface area contributed by atoms with Crippen LogP contribution in [-0.4, -0.2) is 0 Å². The third kappa shape index (κ3) is 15.3.